The Morgan fingerprint density at radius 3 is 2.00 bits per heavy atom. The van der Waals surface area contributed by atoms with Gasteiger partial charge in [0.25, 0.3) is 0 Å². The Bertz CT molecular complexity index is 274. The number of benzene rings is 1. The van der Waals surface area contributed by atoms with Gasteiger partial charge in [0.2, 0.25) is 6.29 Å². The molecule has 3 nitrogen and oxygen atoms in total. The van der Waals surface area contributed by atoms with Gasteiger partial charge in [-0.15, -0.1) is 0 Å². The summed E-state index contributed by atoms with van der Waals surface area (Å²) >= 11 is 0.149. The maximum absolute atomic E-state index is 8.86. The van der Waals surface area contributed by atoms with E-state index < -0.39 is 6.29 Å². The number of hydrogen-bond donors (Lipinski definition) is 2. The Balaban J connectivity index is 0.000000344. The zero-order valence-electron chi connectivity index (χ0n) is 12.0. The van der Waals surface area contributed by atoms with Crippen molar-refractivity contribution in [2.45, 2.75) is 54.7 Å². The molecular formula is C15H26O3Sn. The summed E-state index contributed by atoms with van der Waals surface area (Å²) in [5.74, 6) is 0. The van der Waals surface area contributed by atoms with E-state index in [-0.39, 0.29) is 21.1 Å². The standard InChI is InChI=1S/C7H8O3.2C4H9.Sn/c8-7(10-9)6-4-2-1-3-5-6;2*1-3-4-2;/h1-5,7-9H;2*1,3-4H2,2H3;. The van der Waals surface area contributed by atoms with Gasteiger partial charge >= 0.3 is 69.5 Å². The van der Waals surface area contributed by atoms with E-state index in [1.165, 1.54) is 25.7 Å². The third kappa shape index (κ3) is 11.4. The third-order valence-corrected chi connectivity index (χ3v) is 6.64. The van der Waals surface area contributed by atoms with Crippen LogP contribution in [-0.2, 0) is 4.89 Å². The molecule has 1 atom stereocenters. The molecule has 108 valence electrons. The molecule has 2 radical (unpaired) electrons. The molecule has 0 amide bonds. The first-order valence-electron chi connectivity index (χ1n) is 7.00. The summed E-state index contributed by atoms with van der Waals surface area (Å²) in [6, 6.07) is 8.62. The van der Waals surface area contributed by atoms with Gasteiger partial charge in [0.1, 0.15) is 0 Å². The first kappa shape index (κ1) is 18.9. The van der Waals surface area contributed by atoms with Gasteiger partial charge in [0, 0.05) is 5.56 Å². The summed E-state index contributed by atoms with van der Waals surface area (Å²) in [6.45, 7) is 4.58. The van der Waals surface area contributed by atoms with Crippen LogP contribution < -0.4 is 0 Å². The fraction of sp³-hybridized carbons (Fsp3) is 0.600. The summed E-state index contributed by atoms with van der Waals surface area (Å²) in [5, 5.41) is 16.9. The quantitative estimate of drug-likeness (QED) is 0.235. The molecule has 1 aromatic rings. The van der Waals surface area contributed by atoms with Crippen LogP contribution in [0.2, 0.25) is 8.87 Å². The summed E-state index contributed by atoms with van der Waals surface area (Å²) in [4.78, 5) is 3.69. The molecule has 0 spiro atoms. The summed E-state index contributed by atoms with van der Waals surface area (Å²) < 4.78 is 3.25. The van der Waals surface area contributed by atoms with E-state index in [0.717, 1.165) is 0 Å². The van der Waals surface area contributed by atoms with E-state index in [2.05, 4.69) is 18.7 Å². The average molecular weight is 373 g/mol. The molecule has 0 bridgehead atoms. The largest absolute Gasteiger partial charge is 0.362 e. The van der Waals surface area contributed by atoms with E-state index in [0.29, 0.717) is 5.56 Å². The molecule has 0 heterocycles. The second kappa shape index (κ2) is 14.3. The van der Waals surface area contributed by atoms with Crippen molar-refractivity contribution >= 4 is 21.1 Å². The number of rotatable bonds is 8. The molecule has 0 saturated carbocycles. The number of hydrogen-bond acceptors (Lipinski definition) is 3. The molecule has 1 rings (SSSR count). The van der Waals surface area contributed by atoms with Gasteiger partial charge in [-0.25, -0.2) is 10.1 Å². The smallest absolute Gasteiger partial charge is 0.214 e. The van der Waals surface area contributed by atoms with Crippen LogP contribution in [-0.4, -0.2) is 31.5 Å². The Morgan fingerprint density at radius 2 is 1.58 bits per heavy atom. The van der Waals surface area contributed by atoms with Crippen LogP contribution in [0.25, 0.3) is 0 Å². The maximum atomic E-state index is 8.86. The van der Waals surface area contributed by atoms with Crippen LogP contribution >= 0.6 is 0 Å². The Labute approximate surface area is 127 Å². The first-order chi connectivity index (χ1) is 9.26. The monoisotopic (exact) mass is 374 g/mol. The summed E-state index contributed by atoms with van der Waals surface area (Å²) in [5.41, 5.74) is 0.532. The molecule has 0 saturated heterocycles. The molecular weight excluding hydrogens is 347 g/mol. The number of unbranched alkanes of at least 4 members (excludes halogenated alkanes) is 2. The van der Waals surface area contributed by atoms with Crippen molar-refractivity contribution in [3.63, 3.8) is 0 Å². The second-order valence-electron chi connectivity index (χ2n) is 4.33. The van der Waals surface area contributed by atoms with Crippen molar-refractivity contribution in [2.75, 3.05) is 0 Å². The van der Waals surface area contributed by atoms with E-state index in [1.54, 1.807) is 33.1 Å². The average Bonchev–Trinajstić information content (AvgIpc) is 2.48. The van der Waals surface area contributed by atoms with Crippen LogP contribution in [0.15, 0.2) is 30.3 Å². The maximum Gasteiger partial charge on any atom is 0.214 e. The Morgan fingerprint density at radius 1 is 1.05 bits per heavy atom. The van der Waals surface area contributed by atoms with Crippen molar-refractivity contribution in [1.82, 2.24) is 0 Å². The Kier molecular flexibility index (Phi) is 14.2. The third-order valence-electron chi connectivity index (χ3n) is 2.60. The van der Waals surface area contributed by atoms with Crippen LogP contribution in [0.5, 0.6) is 0 Å². The molecule has 0 fully saturated rings. The summed E-state index contributed by atoms with van der Waals surface area (Å²) in [7, 11) is 0. The first-order valence-corrected chi connectivity index (χ1v) is 11.0. The van der Waals surface area contributed by atoms with Crippen molar-refractivity contribution < 1.29 is 15.3 Å². The van der Waals surface area contributed by atoms with Gasteiger partial charge in [-0.2, -0.15) is 0 Å². The predicted molar refractivity (Wildman–Crippen MR) is 80.3 cm³/mol. The molecule has 0 aliphatic carbocycles. The second-order valence-corrected chi connectivity index (χ2v) is 8.61. The van der Waals surface area contributed by atoms with Crippen LogP contribution in [0.4, 0.5) is 0 Å². The summed E-state index contributed by atoms with van der Waals surface area (Å²) in [6.07, 6.45) is 4.60. The molecule has 1 aromatic carbocycles. The van der Waals surface area contributed by atoms with Gasteiger partial charge in [-0.05, 0) is 0 Å². The molecule has 0 aromatic heterocycles. The van der Waals surface area contributed by atoms with Crippen molar-refractivity contribution in [2.24, 2.45) is 0 Å². The number of aliphatic hydroxyl groups is 1. The predicted octanol–water partition coefficient (Wildman–Crippen LogP) is 4.29. The SMILES string of the molecule is CCC[CH2][Sn][CH2]CCC.OOC(O)c1ccccc1. The molecule has 4 heteroatoms. The minimum Gasteiger partial charge on any atom is -0.362 e. The molecule has 2 N–H and O–H groups in total. The van der Waals surface area contributed by atoms with Crippen molar-refractivity contribution in [3.05, 3.63) is 35.9 Å². The van der Waals surface area contributed by atoms with Gasteiger partial charge in [-0.3, -0.25) is 0 Å². The van der Waals surface area contributed by atoms with Gasteiger partial charge in [0.15, 0.2) is 0 Å². The minimum atomic E-state index is -1.24. The normalized spacial score (nSPS) is 11.6. The van der Waals surface area contributed by atoms with Crippen LogP contribution in [0.3, 0.4) is 0 Å². The van der Waals surface area contributed by atoms with E-state index in [9.17, 15) is 0 Å². The van der Waals surface area contributed by atoms with Crippen molar-refractivity contribution in [3.8, 4) is 0 Å². The van der Waals surface area contributed by atoms with Gasteiger partial charge < -0.3 is 5.11 Å². The molecule has 1 unspecified atom stereocenters. The van der Waals surface area contributed by atoms with Crippen molar-refractivity contribution in [1.29, 1.82) is 0 Å². The van der Waals surface area contributed by atoms with Crippen LogP contribution in [0, 0.1) is 0 Å². The van der Waals surface area contributed by atoms with Crippen LogP contribution in [0.1, 0.15) is 51.4 Å². The topological polar surface area (TPSA) is 49.7 Å². The van der Waals surface area contributed by atoms with Gasteiger partial charge in [0.05, 0.1) is 0 Å². The minimum absolute atomic E-state index is 0.149. The van der Waals surface area contributed by atoms with E-state index in [4.69, 9.17) is 10.4 Å². The Hall–Kier alpha value is -0.101. The number of aliphatic hydroxyl groups excluding tert-OH is 1. The zero-order chi connectivity index (χ0) is 14.3. The molecule has 19 heavy (non-hydrogen) atoms. The fourth-order valence-electron chi connectivity index (χ4n) is 1.41. The molecule has 0 aliphatic rings. The van der Waals surface area contributed by atoms with Gasteiger partial charge in [-0.1, -0.05) is 30.3 Å². The van der Waals surface area contributed by atoms with E-state index >= 15 is 0 Å². The van der Waals surface area contributed by atoms with E-state index in [1.807, 2.05) is 6.07 Å². The fourth-order valence-corrected chi connectivity index (χ4v) is 5.57. The molecule has 0 aliphatic heterocycles. The zero-order valence-corrected chi connectivity index (χ0v) is 14.9.